The average Bonchev–Trinajstić information content (AvgIpc) is 2.68. The van der Waals surface area contributed by atoms with E-state index in [1.807, 2.05) is 0 Å². The predicted octanol–water partition coefficient (Wildman–Crippen LogP) is -0.833. The first-order chi connectivity index (χ1) is 8.97. The van der Waals surface area contributed by atoms with Gasteiger partial charge in [-0.2, -0.15) is 0 Å². The average molecular weight is 270 g/mol. The van der Waals surface area contributed by atoms with Crippen LogP contribution in [0, 0.1) is 5.92 Å². The largest absolute Gasteiger partial charge is 0.481 e. The molecule has 2 heterocycles. The molecule has 0 aromatic rings. The van der Waals surface area contributed by atoms with E-state index in [1.54, 1.807) is 16.8 Å². The molecular weight excluding hydrogens is 252 g/mol. The van der Waals surface area contributed by atoms with Crippen molar-refractivity contribution in [3.63, 3.8) is 0 Å². The summed E-state index contributed by atoms with van der Waals surface area (Å²) in [5.41, 5.74) is 0. The summed E-state index contributed by atoms with van der Waals surface area (Å²) in [6.07, 6.45) is -0.311. The van der Waals surface area contributed by atoms with Crippen molar-refractivity contribution in [3.8, 4) is 0 Å². The van der Waals surface area contributed by atoms with Crippen molar-refractivity contribution in [2.75, 3.05) is 33.3 Å². The zero-order chi connectivity index (χ0) is 14.0. The highest BCUT2D eigenvalue weighted by Gasteiger charge is 2.36. The molecule has 7 heteroatoms. The fourth-order valence-corrected chi connectivity index (χ4v) is 2.52. The first-order valence-corrected chi connectivity index (χ1v) is 6.33. The van der Waals surface area contributed by atoms with E-state index in [0.717, 1.165) is 0 Å². The summed E-state index contributed by atoms with van der Waals surface area (Å²) in [5.74, 6) is -1.33. The van der Waals surface area contributed by atoms with Gasteiger partial charge in [-0.1, -0.05) is 0 Å². The molecule has 2 amide bonds. The van der Waals surface area contributed by atoms with Crippen LogP contribution in [0.1, 0.15) is 12.8 Å². The van der Waals surface area contributed by atoms with Gasteiger partial charge in [-0.3, -0.25) is 14.4 Å². The Morgan fingerprint density at radius 2 is 2.16 bits per heavy atom. The van der Waals surface area contributed by atoms with Crippen molar-refractivity contribution in [1.29, 1.82) is 0 Å². The van der Waals surface area contributed by atoms with E-state index in [2.05, 4.69) is 0 Å². The lowest BCUT2D eigenvalue weighted by atomic mass is 10.1. The van der Waals surface area contributed by atoms with Crippen LogP contribution in [0.5, 0.6) is 0 Å². The van der Waals surface area contributed by atoms with E-state index in [4.69, 9.17) is 9.84 Å². The lowest BCUT2D eigenvalue weighted by molar-refractivity contribution is -0.149. The van der Waals surface area contributed by atoms with Crippen molar-refractivity contribution in [1.82, 2.24) is 9.80 Å². The van der Waals surface area contributed by atoms with Crippen molar-refractivity contribution >= 4 is 17.8 Å². The number of hydrogen-bond acceptors (Lipinski definition) is 4. The molecule has 0 aromatic heterocycles. The number of ether oxygens (including phenoxy) is 1. The zero-order valence-corrected chi connectivity index (χ0v) is 10.9. The molecule has 2 fully saturated rings. The summed E-state index contributed by atoms with van der Waals surface area (Å²) in [5, 5.41) is 8.74. The number of likely N-dealkylation sites (tertiary alicyclic amines) is 1. The normalized spacial score (nSPS) is 27.7. The topological polar surface area (TPSA) is 87.2 Å². The molecule has 0 radical (unpaired) electrons. The highest BCUT2D eigenvalue weighted by atomic mass is 16.5. The molecule has 2 aliphatic rings. The van der Waals surface area contributed by atoms with Gasteiger partial charge in [0.2, 0.25) is 11.8 Å². The van der Waals surface area contributed by atoms with Crippen LogP contribution >= 0.6 is 0 Å². The van der Waals surface area contributed by atoms with E-state index >= 15 is 0 Å². The Bertz CT molecular complexity index is 398. The van der Waals surface area contributed by atoms with Gasteiger partial charge in [0.1, 0.15) is 0 Å². The van der Waals surface area contributed by atoms with Crippen LogP contribution in [0.25, 0.3) is 0 Å². The first-order valence-electron chi connectivity index (χ1n) is 6.33. The molecule has 0 aliphatic carbocycles. The monoisotopic (exact) mass is 270 g/mol. The van der Waals surface area contributed by atoms with Crippen LogP contribution in [0.4, 0.5) is 0 Å². The number of carbonyl (C=O) groups is 3. The van der Waals surface area contributed by atoms with Crippen LogP contribution < -0.4 is 0 Å². The van der Waals surface area contributed by atoms with Crippen molar-refractivity contribution < 1.29 is 24.2 Å². The maximum atomic E-state index is 12.3. The van der Waals surface area contributed by atoms with Crippen molar-refractivity contribution in [3.05, 3.63) is 0 Å². The number of aliphatic carboxylic acids is 1. The summed E-state index contributed by atoms with van der Waals surface area (Å²) < 4.78 is 5.32. The Balaban J connectivity index is 1.92. The molecule has 0 aromatic carbocycles. The second-order valence-corrected chi connectivity index (χ2v) is 5.05. The van der Waals surface area contributed by atoms with Crippen molar-refractivity contribution in [2.45, 2.75) is 18.9 Å². The Labute approximate surface area is 111 Å². The quantitative estimate of drug-likeness (QED) is 0.723. The molecule has 2 rings (SSSR count). The molecular formula is C12H18N2O5. The van der Waals surface area contributed by atoms with E-state index in [-0.39, 0.29) is 30.6 Å². The number of hydrogen-bond donors (Lipinski definition) is 1. The van der Waals surface area contributed by atoms with Crippen LogP contribution in [0.3, 0.4) is 0 Å². The fourth-order valence-electron chi connectivity index (χ4n) is 2.52. The highest BCUT2D eigenvalue weighted by molar-refractivity contribution is 5.89. The van der Waals surface area contributed by atoms with Gasteiger partial charge in [-0.15, -0.1) is 0 Å². The minimum atomic E-state index is -0.935. The first kappa shape index (κ1) is 13.8. The van der Waals surface area contributed by atoms with Gasteiger partial charge in [0, 0.05) is 33.1 Å². The third-order valence-electron chi connectivity index (χ3n) is 3.54. The third-order valence-corrected chi connectivity index (χ3v) is 3.54. The minimum Gasteiger partial charge on any atom is -0.481 e. The molecule has 0 unspecified atom stereocenters. The SMILES string of the molecule is CN1C[C@H](C(=O)N2CCO[C@@H](CC(=O)O)C2)CC1=O. The molecule has 1 N–H and O–H groups in total. The van der Waals surface area contributed by atoms with Gasteiger partial charge in [-0.05, 0) is 0 Å². The number of carbonyl (C=O) groups excluding carboxylic acids is 2. The third kappa shape index (κ3) is 3.23. The summed E-state index contributed by atoms with van der Waals surface area (Å²) in [7, 11) is 1.68. The summed E-state index contributed by atoms with van der Waals surface area (Å²) in [6, 6.07) is 0. The van der Waals surface area contributed by atoms with Gasteiger partial charge in [-0.25, -0.2) is 0 Å². The fraction of sp³-hybridized carbons (Fsp3) is 0.750. The summed E-state index contributed by atoms with van der Waals surface area (Å²) in [4.78, 5) is 37.5. The molecule has 2 aliphatic heterocycles. The van der Waals surface area contributed by atoms with Crippen LogP contribution in [0.15, 0.2) is 0 Å². The van der Waals surface area contributed by atoms with Crippen LogP contribution in [-0.4, -0.2) is 72.1 Å². The highest BCUT2D eigenvalue weighted by Crippen LogP contribution is 2.20. The van der Waals surface area contributed by atoms with Gasteiger partial charge < -0.3 is 19.6 Å². The molecule has 2 saturated heterocycles. The Morgan fingerprint density at radius 3 is 2.74 bits per heavy atom. The summed E-state index contributed by atoms with van der Waals surface area (Å²) >= 11 is 0. The lowest BCUT2D eigenvalue weighted by Crippen LogP contribution is -2.48. The number of carboxylic acid groups (broad SMARTS) is 1. The Morgan fingerprint density at radius 1 is 1.42 bits per heavy atom. The second-order valence-electron chi connectivity index (χ2n) is 5.05. The minimum absolute atomic E-state index is 0.0197. The van der Waals surface area contributed by atoms with Crippen LogP contribution in [-0.2, 0) is 19.1 Å². The molecule has 106 valence electrons. The second kappa shape index (κ2) is 5.56. The van der Waals surface area contributed by atoms with Gasteiger partial charge in [0.25, 0.3) is 0 Å². The van der Waals surface area contributed by atoms with Gasteiger partial charge in [0.15, 0.2) is 0 Å². The van der Waals surface area contributed by atoms with Gasteiger partial charge in [0.05, 0.1) is 25.0 Å². The zero-order valence-electron chi connectivity index (χ0n) is 10.9. The van der Waals surface area contributed by atoms with E-state index in [1.165, 1.54) is 0 Å². The summed E-state index contributed by atoms with van der Waals surface area (Å²) in [6.45, 7) is 1.54. The molecule has 0 spiro atoms. The molecule has 0 bridgehead atoms. The number of nitrogens with zero attached hydrogens (tertiary/aromatic N) is 2. The van der Waals surface area contributed by atoms with Crippen molar-refractivity contribution in [2.24, 2.45) is 5.92 Å². The maximum Gasteiger partial charge on any atom is 0.306 e. The smallest absolute Gasteiger partial charge is 0.306 e. The Kier molecular flexibility index (Phi) is 4.04. The number of morpholine rings is 1. The molecule has 0 saturated carbocycles. The number of carboxylic acids is 1. The molecule has 7 nitrogen and oxygen atoms in total. The molecule has 19 heavy (non-hydrogen) atoms. The predicted molar refractivity (Wildman–Crippen MR) is 64.3 cm³/mol. The number of rotatable bonds is 3. The van der Waals surface area contributed by atoms with Crippen LogP contribution in [0.2, 0.25) is 0 Å². The van der Waals surface area contributed by atoms with Gasteiger partial charge >= 0.3 is 5.97 Å². The lowest BCUT2D eigenvalue weighted by Gasteiger charge is -2.33. The molecule has 2 atom stereocenters. The van der Waals surface area contributed by atoms with E-state index < -0.39 is 12.1 Å². The maximum absolute atomic E-state index is 12.3. The number of amides is 2. The van der Waals surface area contributed by atoms with E-state index in [9.17, 15) is 14.4 Å². The standard InChI is InChI=1S/C12H18N2O5/c1-13-6-8(4-10(13)15)12(18)14-2-3-19-9(7-14)5-11(16)17/h8-9H,2-7H2,1H3,(H,16,17)/t8-,9+/m1/s1. The Hall–Kier alpha value is -1.63. The van der Waals surface area contributed by atoms with E-state index in [0.29, 0.717) is 26.2 Å².